The molecule has 0 unspecified atom stereocenters. The normalized spacial score (nSPS) is 12.9. The number of hydrogen-bond donors (Lipinski definition) is 2. The van der Waals surface area contributed by atoms with Crippen LogP contribution in [0.5, 0.6) is 0 Å². The monoisotopic (exact) mass is 417 g/mol. The molecule has 0 saturated heterocycles. The van der Waals surface area contributed by atoms with Crippen molar-refractivity contribution < 1.29 is 4.79 Å². The number of benzene rings is 2. The molecule has 0 spiro atoms. The Kier molecular flexibility index (Phi) is 5.90. The predicted molar refractivity (Wildman–Crippen MR) is 119 cm³/mol. The highest BCUT2D eigenvalue weighted by Gasteiger charge is 2.19. The summed E-state index contributed by atoms with van der Waals surface area (Å²) in [6.45, 7) is 4.02. The third kappa shape index (κ3) is 4.58. The number of hydrogen-bond acceptors (Lipinski definition) is 4. The van der Waals surface area contributed by atoms with Gasteiger partial charge in [0.1, 0.15) is 12.7 Å². The van der Waals surface area contributed by atoms with Crippen LogP contribution in [0.15, 0.2) is 78.7 Å². The number of amides is 2. The van der Waals surface area contributed by atoms with E-state index in [4.69, 9.17) is 0 Å². The van der Waals surface area contributed by atoms with Crippen LogP contribution in [0.4, 0.5) is 4.79 Å². The smallest absolute Gasteiger partial charge is 0.316 e. The van der Waals surface area contributed by atoms with Gasteiger partial charge in [0.2, 0.25) is 0 Å². The van der Waals surface area contributed by atoms with Gasteiger partial charge in [-0.2, -0.15) is 5.10 Å². The van der Waals surface area contributed by atoms with Gasteiger partial charge in [-0.25, -0.2) is 14.5 Å². The van der Waals surface area contributed by atoms with Gasteiger partial charge in [-0.1, -0.05) is 48.0 Å². The molecule has 2 aromatic heterocycles. The maximum Gasteiger partial charge on any atom is 0.316 e. The molecule has 2 N–H and O–H groups in total. The second-order valence-electron chi connectivity index (χ2n) is 7.13. The summed E-state index contributed by atoms with van der Waals surface area (Å²) in [5.74, 6) is 0. The standard InChI is InChI=1S/C23H23N5OS/c1-16-5-7-19(8-6-16)22(21-4-3-13-30-21)27-23(29)26-17(2)18-9-11-20(12-10-18)28-15-24-14-25-28/h3-15,17,22H,1-2H3,(H2,26,27,29)/t17-,22+/m0/s1. The maximum absolute atomic E-state index is 12.8. The molecule has 0 bridgehead atoms. The fourth-order valence-electron chi connectivity index (χ4n) is 3.24. The first-order chi connectivity index (χ1) is 14.6. The van der Waals surface area contributed by atoms with Gasteiger partial charge in [-0.3, -0.25) is 0 Å². The third-order valence-electron chi connectivity index (χ3n) is 4.94. The zero-order valence-electron chi connectivity index (χ0n) is 16.8. The number of nitrogens with one attached hydrogen (secondary N) is 2. The summed E-state index contributed by atoms with van der Waals surface area (Å²) in [6.07, 6.45) is 3.15. The Morgan fingerprint density at radius 3 is 2.37 bits per heavy atom. The molecule has 0 aliphatic carbocycles. The van der Waals surface area contributed by atoms with Gasteiger partial charge in [0.25, 0.3) is 0 Å². The molecule has 30 heavy (non-hydrogen) atoms. The van der Waals surface area contributed by atoms with Crippen LogP contribution in [-0.2, 0) is 0 Å². The first-order valence-electron chi connectivity index (χ1n) is 9.72. The highest BCUT2D eigenvalue weighted by Crippen LogP contribution is 2.26. The van der Waals surface area contributed by atoms with E-state index >= 15 is 0 Å². The molecule has 0 aliphatic rings. The van der Waals surface area contributed by atoms with Crippen molar-refractivity contribution in [3.05, 3.63) is 100 Å². The number of carbonyl (C=O) groups excluding carboxylic acids is 1. The minimum absolute atomic E-state index is 0.142. The molecule has 0 fully saturated rings. The number of urea groups is 1. The largest absolute Gasteiger partial charge is 0.332 e. The Hall–Kier alpha value is -3.45. The topological polar surface area (TPSA) is 71.8 Å². The van der Waals surface area contributed by atoms with Crippen LogP contribution in [0.3, 0.4) is 0 Å². The number of carbonyl (C=O) groups is 1. The van der Waals surface area contributed by atoms with Gasteiger partial charge in [-0.15, -0.1) is 11.3 Å². The van der Waals surface area contributed by atoms with E-state index in [-0.39, 0.29) is 18.1 Å². The lowest BCUT2D eigenvalue weighted by Crippen LogP contribution is -2.39. The van der Waals surface area contributed by atoms with Crippen LogP contribution in [0, 0.1) is 6.92 Å². The number of aromatic nitrogens is 3. The van der Waals surface area contributed by atoms with Crippen molar-refractivity contribution in [3.63, 3.8) is 0 Å². The SMILES string of the molecule is Cc1ccc([C@@H](NC(=O)N[C@@H](C)c2ccc(-n3cncn3)cc2)c2cccs2)cc1. The fourth-order valence-corrected chi connectivity index (χ4v) is 4.05. The second-order valence-corrected chi connectivity index (χ2v) is 8.11. The van der Waals surface area contributed by atoms with E-state index in [1.807, 2.05) is 48.7 Å². The number of rotatable bonds is 6. The summed E-state index contributed by atoms with van der Waals surface area (Å²) in [4.78, 5) is 17.8. The van der Waals surface area contributed by atoms with Crippen molar-refractivity contribution in [2.75, 3.05) is 0 Å². The Morgan fingerprint density at radius 2 is 1.73 bits per heavy atom. The van der Waals surface area contributed by atoms with E-state index in [0.717, 1.165) is 21.7 Å². The van der Waals surface area contributed by atoms with Gasteiger partial charge in [0, 0.05) is 4.88 Å². The van der Waals surface area contributed by atoms with Crippen molar-refractivity contribution in [1.82, 2.24) is 25.4 Å². The minimum Gasteiger partial charge on any atom is -0.332 e. The quantitative estimate of drug-likeness (QED) is 0.474. The van der Waals surface area contributed by atoms with Gasteiger partial charge in [0.15, 0.2) is 0 Å². The summed E-state index contributed by atoms with van der Waals surface area (Å²) in [7, 11) is 0. The molecular formula is C23H23N5OS. The van der Waals surface area contributed by atoms with Crippen molar-refractivity contribution in [1.29, 1.82) is 0 Å². The van der Waals surface area contributed by atoms with E-state index in [1.165, 1.54) is 11.9 Å². The van der Waals surface area contributed by atoms with Crippen molar-refractivity contribution in [3.8, 4) is 5.69 Å². The molecule has 4 aromatic rings. The van der Waals surface area contributed by atoms with Crippen LogP contribution in [0.1, 0.15) is 40.6 Å². The molecule has 0 aliphatic heterocycles. The predicted octanol–water partition coefficient (Wildman–Crippen LogP) is 4.79. The van der Waals surface area contributed by atoms with E-state index in [1.54, 1.807) is 22.3 Å². The summed E-state index contributed by atoms with van der Waals surface area (Å²) in [6, 6.07) is 19.6. The summed E-state index contributed by atoms with van der Waals surface area (Å²) >= 11 is 1.63. The molecule has 4 rings (SSSR count). The molecule has 152 valence electrons. The first-order valence-corrected chi connectivity index (χ1v) is 10.6. The van der Waals surface area contributed by atoms with Gasteiger partial charge in [-0.05, 0) is 48.6 Å². The molecule has 2 amide bonds. The van der Waals surface area contributed by atoms with Crippen molar-refractivity contribution >= 4 is 17.4 Å². The molecule has 0 saturated carbocycles. The number of aryl methyl sites for hydroxylation is 1. The lowest BCUT2D eigenvalue weighted by Gasteiger charge is -2.21. The van der Waals surface area contributed by atoms with Gasteiger partial charge < -0.3 is 10.6 Å². The number of thiophene rings is 1. The molecule has 6 nitrogen and oxygen atoms in total. The van der Waals surface area contributed by atoms with Gasteiger partial charge in [0.05, 0.1) is 17.8 Å². The van der Waals surface area contributed by atoms with E-state index in [0.29, 0.717) is 0 Å². The highest BCUT2D eigenvalue weighted by molar-refractivity contribution is 7.10. The lowest BCUT2D eigenvalue weighted by atomic mass is 10.0. The van der Waals surface area contributed by atoms with E-state index in [2.05, 4.69) is 51.9 Å². The van der Waals surface area contributed by atoms with E-state index in [9.17, 15) is 4.79 Å². The van der Waals surface area contributed by atoms with Crippen LogP contribution >= 0.6 is 11.3 Å². The summed E-state index contributed by atoms with van der Waals surface area (Å²) < 4.78 is 1.70. The Morgan fingerprint density at radius 1 is 1.00 bits per heavy atom. The number of nitrogens with zero attached hydrogens (tertiary/aromatic N) is 3. The Bertz CT molecular complexity index is 1070. The van der Waals surface area contributed by atoms with Crippen LogP contribution in [0.2, 0.25) is 0 Å². The summed E-state index contributed by atoms with van der Waals surface area (Å²) in [5, 5.41) is 12.3. The van der Waals surface area contributed by atoms with Crippen LogP contribution < -0.4 is 10.6 Å². The first kappa shape index (κ1) is 19.8. The fraction of sp³-hybridized carbons (Fsp3) is 0.174. The van der Waals surface area contributed by atoms with Crippen LogP contribution in [0.25, 0.3) is 5.69 Å². The summed E-state index contributed by atoms with van der Waals surface area (Å²) in [5.41, 5.74) is 4.18. The molecule has 2 heterocycles. The van der Waals surface area contributed by atoms with Crippen molar-refractivity contribution in [2.24, 2.45) is 0 Å². The van der Waals surface area contributed by atoms with Crippen molar-refractivity contribution in [2.45, 2.75) is 25.9 Å². The molecular weight excluding hydrogens is 394 g/mol. The zero-order valence-corrected chi connectivity index (χ0v) is 17.6. The Balaban J connectivity index is 1.44. The third-order valence-corrected chi connectivity index (χ3v) is 5.87. The molecule has 0 radical (unpaired) electrons. The molecule has 7 heteroatoms. The average molecular weight is 418 g/mol. The second kappa shape index (κ2) is 8.92. The zero-order chi connectivity index (χ0) is 20.9. The van der Waals surface area contributed by atoms with Crippen LogP contribution in [-0.4, -0.2) is 20.8 Å². The maximum atomic E-state index is 12.8. The lowest BCUT2D eigenvalue weighted by molar-refractivity contribution is 0.236. The van der Waals surface area contributed by atoms with Gasteiger partial charge >= 0.3 is 6.03 Å². The highest BCUT2D eigenvalue weighted by atomic mass is 32.1. The Labute approximate surface area is 179 Å². The van der Waals surface area contributed by atoms with E-state index < -0.39 is 0 Å². The minimum atomic E-state index is -0.207. The molecule has 2 atom stereocenters. The average Bonchev–Trinajstić information content (AvgIpc) is 3.47. The molecule has 2 aromatic carbocycles.